The number of nitrogens with one attached hydrogen (secondary N) is 1. The number of aryl methyl sites for hydroxylation is 2. The molecule has 1 aliphatic rings. The lowest BCUT2D eigenvalue weighted by Crippen LogP contribution is -2.33. The molecule has 0 saturated heterocycles. The van der Waals surface area contributed by atoms with Gasteiger partial charge in [0.15, 0.2) is 6.61 Å². The Bertz CT molecular complexity index is 602. The molecule has 0 atom stereocenters. The van der Waals surface area contributed by atoms with Crippen molar-refractivity contribution in [3.63, 3.8) is 0 Å². The van der Waals surface area contributed by atoms with E-state index in [4.69, 9.17) is 9.15 Å². The number of esters is 1. The lowest BCUT2D eigenvalue weighted by Gasteiger charge is -2.21. The van der Waals surface area contributed by atoms with Gasteiger partial charge in [0.25, 0.3) is 5.91 Å². The van der Waals surface area contributed by atoms with Crippen molar-refractivity contribution in [3.05, 3.63) is 33.4 Å². The molecule has 0 radical (unpaired) electrons. The van der Waals surface area contributed by atoms with Gasteiger partial charge in [0.1, 0.15) is 11.3 Å². The molecule has 1 aliphatic carbocycles. The number of carbonyl (C=O) groups is 2. The van der Waals surface area contributed by atoms with Crippen molar-refractivity contribution in [2.45, 2.75) is 46.0 Å². The van der Waals surface area contributed by atoms with Crippen LogP contribution in [0.3, 0.4) is 0 Å². The molecule has 0 aliphatic heterocycles. The van der Waals surface area contributed by atoms with Gasteiger partial charge in [-0.1, -0.05) is 19.3 Å². The Balaban J connectivity index is 1.82. The topological polar surface area (TPSA) is 85.6 Å². The molecule has 1 saturated carbocycles. The van der Waals surface area contributed by atoms with Gasteiger partial charge >= 0.3 is 11.6 Å². The Hall–Kier alpha value is -2.11. The van der Waals surface area contributed by atoms with Gasteiger partial charge in [0.2, 0.25) is 0 Å². The summed E-state index contributed by atoms with van der Waals surface area (Å²) in [6.07, 6.45) is 5.98. The fraction of sp³-hybridized carbons (Fsp3) is 0.588. The van der Waals surface area contributed by atoms with Crippen molar-refractivity contribution in [3.8, 4) is 0 Å². The molecule has 2 rings (SSSR count). The molecule has 1 amide bonds. The number of rotatable bonds is 5. The van der Waals surface area contributed by atoms with Crippen LogP contribution in [0.4, 0.5) is 0 Å². The Morgan fingerprint density at radius 2 is 1.96 bits per heavy atom. The fourth-order valence-electron chi connectivity index (χ4n) is 2.97. The van der Waals surface area contributed by atoms with Crippen LogP contribution in [-0.4, -0.2) is 25.0 Å². The third-order valence-electron chi connectivity index (χ3n) is 4.19. The summed E-state index contributed by atoms with van der Waals surface area (Å²) in [5, 5.41) is 2.81. The van der Waals surface area contributed by atoms with Gasteiger partial charge < -0.3 is 14.5 Å². The second-order valence-corrected chi connectivity index (χ2v) is 6.06. The SMILES string of the molecule is Cc1cc(=O)oc(C)c1C(=O)OCC(=O)NCC1CCCCC1. The van der Waals surface area contributed by atoms with Crippen LogP contribution in [0.1, 0.15) is 53.8 Å². The molecule has 1 aromatic heterocycles. The first-order valence-electron chi connectivity index (χ1n) is 8.02. The second-order valence-electron chi connectivity index (χ2n) is 6.06. The summed E-state index contributed by atoms with van der Waals surface area (Å²) in [5.74, 6) is -0.243. The standard InChI is InChI=1S/C17H23NO5/c1-11-8-15(20)23-12(2)16(11)17(21)22-10-14(19)18-9-13-6-4-3-5-7-13/h8,13H,3-7,9-10H2,1-2H3,(H,18,19). The van der Waals surface area contributed by atoms with E-state index in [1.807, 2.05) is 0 Å². The van der Waals surface area contributed by atoms with Crippen LogP contribution in [0.2, 0.25) is 0 Å². The van der Waals surface area contributed by atoms with Gasteiger partial charge in [0.05, 0.1) is 0 Å². The Labute approximate surface area is 135 Å². The first-order valence-corrected chi connectivity index (χ1v) is 8.02. The second kappa shape index (κ2) is 7.94. The van der Waals surface area contributed by atoms with Crippen molar-refractivity contribution in [2.75, 3.05) is 13.2 Å². The van der Waals surface area contributed by atoms with E-state index in [0.717, 1.165) is 12.8 Å². The van der Waals surface area contributed by atoms with E-state index in [2.05, 4.69) is 5.32 Å². The highest BCUT2D eigenvalue weighted by Gasteiger charge is 2.19. The predicted molar refractivity (Wildman–Crippen MR) is 84.3 cm³/mol. The summed E-state index contributed by atoms with van der Waals surface area (Å²) in [4.78, 5) is 35.0. The van der Waals surface area contributed by atoms with Crippen LogP contribution < -0.4 is 10.9 Å². The summed E-state index contributed by atoms with van der Waals surface area (Å²) in [7, 11) is 0. The maximum atomic E-state index is 12.0. The molecule has 6 nitrogen and oxygen atoms in total. The molecule has 126 valence electrons. The molecule has 1 aromatic rings. The van der Waals surface area contributed by atoms with E-state index in [0.29, 0.717) is 18.0 Å². The van der Waals surface area contributed by atoms with Crippen molar-refractivity contribution in [1.29, 1.82) is 0 Å². The Morgan fingerprint density at radius 3 is 2.61 bits per heavy atom. The minimum Gasteiger partial charge on any atom is -0.452 e. The van der Waals surface area contributed by atoms with Crippen LogP contribution in [0, 0.1) is 19.8 Å². The molecule has 0 spiro atoms. The van der Waals surface area contributed by atoms with Crippen molar-refractivity contribution >= 4 is 11.9 Å². The van der Waals surface area contributed by atoms with Crippen molar-refractivity contribution in [2.24, 2.45) is 5.92 Å². The van der Waals surface area contributed by atoms with Gasteiger partial charge in [-0.25, -0.2) is 9.59 Å². The number of ether oxygens (including phenoxy) is 1. The molecule has 0 unspecified atom stereocenters. The van der Waals surface area contributed by atoms with Crippen LogP contribution in [0.5, 0.6) is 0 Å². The summed E-state index contributed by atoms with van der Waals surface area (Å²) >= 11 is 0. The first kappa shape index (κ1) is 17.2. The van der Waals surface area contributed by atoms with Crippen LogP contribution in [0.25, 0.3) is 0 Å². The lowest BCUT2D eigenvalue weighted by atomic mass is 9.89. The molecular formula is C17H23NO5. The summed E-state index contributed by atoms with van der Waals surface area (Å²) in [6.45, 7) is 3.45. The zero-order valence-corrected chi connectivity index (χ0v) is 13.6. The van der Waals surface area contributed by atoms with Crippen molar-refractivity contribution in [1.82, 2.24) is 5.32 Å². The maximum Gasteiger partial charge on any atom is 0.342 e. The molecule has 0 aromatic carbocycles. The third kappa shape index (κ3) is 4.94. The van der Waals surface area contributed by atoms with Crippen LogP contribution in [0.15, 0.2) is 15.3 Å². The molecule has 1 N–H and O–H groups in total. The molecule has 1 fully saturated rings. The van der Waals surface area contributed by atoms with Gasteiger partial charge in [-0.3, -0.25) is 4.79 Å². The van der Waals surface area contributed by atoms with Gasteiger partial charge in [-0.2, -0.15) is 0 Å². The average Bonchev–Trinajstić information content (AvgIpc) is 2.51. The highest BCUT2D eigenvalue weighted by molar-refractivity contribution is 5.93. The van der Waals surface area contributed by atoms with E-state index in [9.17, 15) is 14.4 Å². The fourth-order valence-corrected chi connectivity index (χ4v) is 2.97. The van der Waals surface area contributed by atoms with Gasteiger partial charge in [0, 0.05) is 12.6 Å². The summed E-state index contributed by atoms with van der Waals surface area (Å²) < 4.78 is 9.91. The van der Waals surface area contributed by atoms with Crippen LogP contribution in [-0.2, 0) is 9.53 Å². The Kier molecular flexibility index (Phi) is 5.96. The monoisotopic (exact) mass is 321 g/mol. The smallest absolute Gasteiger partial charge is 0.342 e. The van der Waals surface area contributed by atoms with Crippen molar-refractivity contribution < 1.29 is 18.7 Å². The molecule has 0 bridgehead atoms. The minimum atomic E-state index is -0.656. The Morgan fingerprint density at radius 1 is 1.26 bits per heavy atom. The lowest BCUT2D eigenvalue weighted by molar-refractivity contribution is -0.124. The molecular weight excluding hydrogens is 298 g/mol. The average molecular weight is 321 g/mol. The van der Waals surface area contributed by atoms with E-state index in [-0.39, 0.29) is 23.8 Å². The number of hydrogen-bond acceptors (Lipinski definition) is 5. The van der Waals surface area contributed by atoms with Crippen LogP contribution >= 0.6 is 0 Å². The highest BCUT2D eigenvalue weighted by Crippen LogP contribution is 2.22. The molecule has 23 heavy (non-hydrogen) atoms. The van der Waals surface area contributed by atoms with E-state index in [1.54, 1.807) is 6.92 Å². The normalized spacial score (nSPS) is 15.2. The zero-order chi connectivity index (χ0) is 16.8. The quantitative estimate of drug-likeness (QED) is 0.840. The minimum absolute atomic E-state index is 0.197. The third-order valence-corrected chi connectivity index (χ3v) is 4.19. The summed E-state index contributed by atoms with van der Waals surface area (Å²) in [5.41, 5.74) is 0.165. The predicted octanol–water partition coefficient (Wildman–Crippen LogP) is 2.11. The number of carbonyl (C=O) groups excluding carboxylic acids is 2. The number of amides is 1. The first-order chi connectivity index (χ1) is 11.0. The largest absolute Gasteiger partial charge is 0.452 e. The highest BCUT2D eigenvalue weighted by atomic mass is 16.5. The maximum absolute atomic E-state index is 12.0. The zero-order valence-electron chi connectivity index (χ0n) is 13.6. The van der Waals surface area contributed by atoms with Gasteiger partial charge in [-0.15, -0.1) is 0 Å². The van der Waals surface area contributed by atoms with E-state index < -0.39 is 11.6 Å². The molecule has 1 heterocycles. The number of hydrogen-bond donors (Lipinski definition) is 1. The molecule has 6 heteroatoms. The van der Waals surface area contributed by atoms with E-state index in [1.165, 1.54) is 32.3 Å². The van der Waals surface area contributed by atoms with E-state index >= 15 is 0 Å². The van der Waals surface area contributed by atoms with Gasteiger partial charge in [-0.05, 0) is 38.2 Å². The summed E-state index contributed by atoms with van der Waals surface area (Å²) in [6, 6.07) is 1.23.